The molecule has 0 aliphatic carbocycles. The van der Waals surface area contributed by atoms with Crippen molar-refractivity contribution in [1.29, 1.82) is 0 Å². The Morgan fingerprint density at radius 3 is 2.38 bits per heavy atom. The molecule has 0 unspecified atom stereocenters. The van der Waals surface area contributed by atoms with E-state index in [0.717, 1.165) is 24.4 Å². The first-order valence-electron chi connectivity index (χ1n) is 12.4. The highest BCUT2D eigenvalue weighted by Gasteiger charge is 2.42. The number of carbonyl (C=O) groups is 2. The maximum Gasteiger partial charge on any atom is 0.228 e. The Morgan fingerprint density at radius 1 is 0.971 bits per heavy atom. The molecule has 2 aromatic rings. The van der Waals surface area contributed by atoms with Crippen LogP contribution in [0.4, 0.5) is 5.69 Å². The van der Waals surface area contributed by atoms with Crippen LogP contribution >= 0.6 is 0 Å². The summed E-state index contributed by atoms with van der Waals surface area (Å²) in [5.41, 5.74) is 3.57. The average Bonchev–Trinajstić information content (AvgIpc) is 3.29. The van der Waals surface area contributed by atoms with Gasteiger partial charge in [-0.25, -0.2) is 0 Å². The van der Waals surface area contributed by atoms with Gasteiger partial charge in [-0.2, -0.15) is 0 Å². The first kappa shape index (κ1) is 24.1. The van der Waals surface area contributed by atoms with Crippen molar-refractivity contribution >= 4 is 17.5 Å². The minimum absolute atomic E-state index is 0.0203. The second-order valence-corrected chi connectivity index (χ2v) is 9.99. The molecule has 2 heterocycles. The molecule has 0 saturated carbocycles. The predicted octanol–water partition coefficient (Wildman–Crippen LogP) is 3.94. The van der Waals surface area contributed by atoms with Crippen molar-refractivity contribution in [2.45, 2.75) is 33.1 Å². The van der Waals surface area contributed by atoms with Crippen molar-refractivity contribution in [1.82, 2.24) is 9.80 Å². The number of benzene rings is 2. The van der Waals surface area contributed by atoms with E-state index in [-0.39, 0.29) is 23.7 Å². The molecule has 182 valence electrons. The molecule has 0 radical (unpaired) electrons. The molecule has 2 amide bonds. The maximum atomic E-state index is 13.8. The van der Waals surface area contributed by atoms with Gasteiger partial charge in [0.1, 0.15) is 5.75 Å². The van der Waals surface area contributed by atoms with E-state index < -0.39 is 0 Å². The Balaban J connectivity index is 1.50. The fourth-order valence-corrected chi connectivity index (χ4v) is 5.27. The molecule has 34 heavy (non-hydrogen) atoms. The molecule has 6 heteroatoms. The molecule has 2 atom stereocenters. The molecule has 2 aromatic carbocycles. The third-order valence-corrected chi connectivity index (χ3v) is 7.14. The zero-order valence-corrected chi connectivity index (χ0v) is 20.9. The Morgan fingerprint density at radius 2 is 1.71 bits per heavy atom. The molecule has 4 rings (SSSR count). The summed E-state index contributed by atoms with van der Waals surface area (Å²) >= 11 is 0. The normalized spacial score (nSPS) is 20.7. The Kier molecular flexibility index (Phi) is 7.44. The SMILES string of the molecule is COc1cccc([C@@H]2CN(C(=O)CC(C)C)C[C@H]2C(=O)N2CCN(c3ccccc3C)CC2)c1. The molecule has 2 saturated heterocycles. The van der Waals surface area contributed by atoms with E-state index in [0.29, 0.717) is 38.5 Å². The molecule has 6 nitrogen and oxygen atoms in total. The number of ether oxygens (including phenoxy) is 1. The van der Waals surface area contributed by atoms with Gasteiger partial charge in [0.15, 0.2) is 0 Å². The third kappa shape index (κ3) is 5.21. The molecule has 0 bridgehead atoms. The summed E-state index contributed by atoms with van der Waals surface area (Å²) < 4.78 is 5.44. The zero-order chi connectivity index (χ0) is 24.2. The van der Waals surface area contributed by atoms with Gasteiger partial charge in [-0.1, -0.05) is 44.2 Å². The van der Waals surface area contributed by atoms with Gasteiger partial charge in [0.25, 0.3) is 0 Å². The lowest BCUT2D eigenvalue weighted by molar-refractivity contribution is -0.136. The molecule has 0 aromatic heterocycles. The Labute approximate surface area is 203 Å². The van der Waals surface area contributed by atoms with Crippen LogP contribution in [0.2, 0.25) is 0 Å². The van der Waals surface area contributed by atoms with Crippen molar-refractivity contribution in [3.05, 3.63) is 59.7 Å². The lowest BCUT2D eigenvalue weighted by atomic mass is 9.87. The van der Waals surface area contributed by atoms with Crippen LogP contribution < -0.4 is 9.64 Å². The lowest BCUT2D eigenvalue weighted by Gasteiger charge is -2.38. The monoisotopic (exact) mass is 463 g/mol. The zero-order valence-electron chi connectivity index (χ0n) is 20.9. The maximum absolute atomic E-state index is 13.8. The van der Waals surface area contributed by atoms with Crippen molar-refractivity contribution in [3.63, 3.8) is 0 Å². The summed E-state index contributed by atoms with van der Waals surface area (Å²) in [6.07, 6.45) is 0.515. The predicted molar refractivity (Wildman–Crippen MR) is 135 cm³/mol. The molecule has 2 aliphatic rings. The molecular weight excluding hydrogens is 426 g/mol. The van der Waals surface area contributed by atoms with Gasteiger partial charge in [-0.3, -0.25) is 9.59 Å². The van der Waals surface area contributed by atoms with Gasteiger partial charge >= 0.3 is 0 Å². The van der Waals surface area contributed by atoms with Gasteiger partial charge in [-0.15, -0.1) is 0 Å². The number of piperazine rings is 1. The van der Waals surface area contributed by atoms with Crippen molar-refractivity contribution in [2.75, 3.05) is 51.3 Å². The van der Waals surface area contributed by atoms with Crippen LogP contribution in [0.25, 0.3) is 0 Å². The summed E-state index contributed by atoms with van der Waals surface area (Å²) in [7, 11) is 1.66. The number of aryl methyl sites for hydroxylation is 1. The van der Waals surface area contributed by atoms with Gasteiger partial charge < -0.3 is 19.4 Å². The third-order valence-electron chi connectivity index (χ3n) is 7.14. The largest absolute Gasteiger partial charge is 0.497 e. The fraction of sp³-hybridized carbons (Fsp3) is 0.500. The smallest absolute Gasteiger partial charge is 0.228 e. The number of hydrogen-bond donors (Lipinski definition) is 0. The van der Waals surface area contributed by atoms with Crippen LogP contribution in [0.1, 0.15) is 37.3 Å². The van der Waals surface area contributed by atoms with Crippen LogP contribution in [-0.2, 0) is 9.59 Å². The highest BCUT2D eigenvalue weighted by Crippen LogP contribution is 2.36. The summed E-state index contributed by atoms with van der Waals surface area (Å²) in [6.45, 7) is 10.4. The first-order valence-corrected chi connectivity index (χ1v) is 12.4. The topological polar surface area (TPSA) is 53.1 Å². The number of hydrogen-bond acceptors (Lipinski definition) is 4. The van der Waals surface area contributed by atoms with E-state index in [1.807, 2.05) is 28.0 Å². The minimum Gasteiger partial charge on any atom is -0.497 e. The van der Waals surface area contributed by atoms with Crippen LogP contribution in [0.3, 0.4) is 0 Å². The Hall–Kier alpha value is -3.02. The van der Waals surface area contributed by atoms with Crippen molar-refractivity contribution < 1.29 is 14.3 Å². The molecule has 0 N–H and O–H groups in total. The van der Waals surface area contributed by atoms with E-state index in [2.05, 4.69) is 56.0 Å². The van der Waals surface area contributed by atoms with Crippen LogP contribution in [0, 0.1) is 18.8 Å². The van der Waals surface area contributed by atoms with Crippen molar-refractivity contribution in [3.8, 4) is 5.75 Å². The number of amides is 2. The molecule has 2 aliphatic heterocycles. The number of carbonyl (C=O) groups excluding carboxylic acids is 2. The number of anilines is 1. The molecule has 2 fully saturated rings. The Bertz CT molecular complexity index is 1010. The van der Waals surface area contributed by atoms with Crippen LogP contribution in [0.15, 0.2) is 48.5 Å². The molecular formula is C28H37N3O3. The minimum atomic E-state index is -0.228. The number of methoxy groups -OCH3 is 1. The number of rotatable bonds is 6. The number of para-hydroxylation sites is 1. The average molecular weight is 464 g/mol. The fourth-order valence-electron chi connectivity index (χ4n) is 5.27. The number of likely N-dealkylation sites (tertiary alicyclic amines) is 1. The van der Waals surface area contributed by atoms with Crippen molar-refractivity contribution in [2.24, 2.45) is 11.8 Å². The van der Waals surface area contributed by atoms with Gasteiger partial charge in [0.2, 0.25) is 11.8 Å². The summed E-state index contributed by atoms with van der Waals surface area (Å²) in [5.74, 6) is 1.13. The second kappa shape index (κ2) is 10.5. The van der Waals surface area contributed by atoms with E-state index in [9.17, 15) is 9.59 Å². The van der Waals surface area contributed by atoms with Crippen LogP contribution in [0.5, 0.6) is 5.75 Å². The quantitative estimate of drug-likeness (QED) is 0.651. The summed E-state index contributed by atoms with van der Waals surface area (Å²) in [5, 5.41) is 0. The van der Waals surface area contributed by atoms with Crippen LogP contribution in [-0.4, -0.2) is 68.0 Å². The van der Waals surface area contributed by atoms with E-state index in [1.165, 1.54) is 11.3 Å². The summed E-state index contributed by atoms with van der Waals surface area (Å²) in [6, 6.07) is 16.4. The number of nitrogens with zero attached hydrogens (tertiary/aromatic N) is 3. The van der Waals surface area contributed by atoms with Gasteiger partial charge in [0.05, 0.1) is 13.0 Å². The van der Waals surface area contributed by atoms with E-state index >= 15 is 0 Å². The van der Waals surface area contributed by atoms with E-state index in [4.69, 9.17) is 4.74 Å². The highest BCUT2D eigenvalue weighted by atomic mass is 16.5. The van der Waals surface area contributed by atoms with E-state index in [1.54, 1.807) is 7.11 Å². The summed E-state index contributed by atoms with van der Waals surface area (Å²) in [4.78, 5) is 32.9. The van der Waals surface area contributed by atoms with Gasteiger partial charge in [-0.05, 0) is 42.2 Å². The lowest BCUT2D eigenvalue weighted by Crippen LogP contribution is -2.51. The highest BCUT2D eigenvalue weighted by molar-refractivity contribution is 5.84. The van der Waals surface area contributed by atoms with Gasteiger partial charge in [0, 0.05) is 57.3 Å². The second-order valence-electron chi connectivity index (χ2n) is 9.99. The molecule has 0 spiro atoms. The first-order chi connectivity index (χ1) is 16.4. The standard InChI is InChI=1S/C28H37N3O3/c1-20(2)16-27(32)31-18-24(22-9-7-10-23(17-22)34-4)25(19-31)28(33)30-14-12-29(13-15-30)26-11-6-5-8-21(26)3/h5-11,17,20,24-25H,12-16,18-19H2,1-4H3/t24-,25+/m0/s1.